The van der Waals surface area contributed by atoms with Crippen molar-refractivity contribution in [1.82, 2.24) is 19.6 Å². The van der Waals surface area contributed by atoms with Crippen LogP contribution in [0.4, 0.5) is 19.0 Å². The standard InChI is InChI=1S/C15H16F3N5/c1-7-4-11(22-6-10-8-2-3-9(5-8)12(10)22)23-14(19-7)20-13(21-23)15(16,17)18/h4,8-10,12H,2-3,5-6H2,1H3/t8-,9-,10-,12-/m0/s1. The molecule has 3 heterocycles. The molecule has 0 amide bonds. The van der Waals surface area contributed by atoms with Gasteiger partial charge in [0.2, 0.25) is 0 Å². The van der Waals surface area contributed by atoms with Crippen molar-refractivity contribution in [2.75, 3.05) is 11.4 Å². The van der Waals surface area contributed by atoms with Crippen LogP contribution in [0.1, 0.15) is 30.8 Å². The van der Waals surface area contributed by atoms with Crippen LogP contribution in [0.3, 0.4) is 0 Å². The highest BCUT2D eigenvalue weighted by atomic mass is 19.4. The Bertz CT molecular complexity index is 796. The molecule has 3 aliphatic rings. The number of halogens is 3. The minimum absolute atomic E-state index is 0.0268. The molecule has 2 aromatic heterocycles. The highest BCUT2D eigenvalue weighted by Crippen LogP contribution is 2.56. The van der Waals surface area contributed by atoms with Crippen molar-refractivity contribution in [3.63, 3.8) is 0 Å². The van der Waals surface area contributed by atoms with E-state index in [0.29, 0.717) is 29.4 Å². The van der Waals surface area contributed by atoms with Crippen LogP contribution in [0.2, 0.25) is 0 Å². The third-order valence-electron chi connectivity index (χ3n) is 5.78. The zero-order valence-electron chi connectivity index (χ0n) is 12.6. The van der Waals surface area contributed by atoms with Gasteiger partial charge in [0.15, 0.2) is 0 Å². The highest BCUT2D eigenvalue weighted by molar-refractivity contribution is 5.52. The van der Waals surface area contributed by atoms with Crippen LogP contribution in [0.15, 0.2) is 6.07 Å². The Kier molecular flexibility index (Phi) is 2.45. The van der Waals surface area contributed by atoms with Crippen molar-refractivity contribution in [1.29, 1.82) is 0 Å². The Morgan fingerprint density at radius 1 is 1.17 bits per heavy atom. The predicted molar refractivity (Wildman–Crippen MR) is 76.0 cm³/mol. The summed E-state index contributed by atoms with van der Waals surface area (Å²) >= 11 is 0. The van der Waals surface area contributed by atoms with Crippen molar-refractivity contribution >= 4 is 11.6 Å². The summed E-state index contributed by atoms with van der Waals surface area (Å²) in [6, 6.07) is 2.28. The van der Waals surface area contributed by atoms with E-state index < -0.39 is 12.0 Å². The third kappa shape index (κ3) is 1.77. The molecule has 2 bridgehead atoms. The normalized spacial score (nSPS) is 32.4. The van der Waals surface area contributed by atoms with Gasteiger partial charge < -0.3 is 4.90 Å². The molecular weight excluding hydrogens is 307 g/mol. The van der Waals surface area contributed by atoms with Gasteiger partial charge in [-0.1, -0.05) is 0 Å². The second-order valence-corrected chi connectivity index (χ2v) is 7.04. The van der Waals surface area contributed by atoms with Gasteiger partial charge in [0.1, 0.15) is 5.82 Å². The molecule has 0 spiro atoms. The first kappa shape index (κ1) is 13.6. The second-order valence-electron chi connectivity index (χ2n) is 7.04. The van der Waals surface area contributed by atoms with E-state index in [1.54, 1.807) is 6.92 Å². The smallest absolute Gasteiger partial charge is 0.352 e. The van der Waals surface area contributed by atoms with Crippen molar-refractivity contribution in [2.24, 2.45) is 17.8 Å². The van der Waals surface area contributed by atoms with Crippen molar-refractivity contribution in [3.05, 3.63) is 17.6 Å². The Morgan fingerprint density at radius 2 is 1.96 bits per heavy atom. The summed E-state index contributed by atoms with van der Waals surface area (Å²) in [5.74, 6) is 1.78. The van der Waals surface area contributed by atoms with E-state index in [0.717, 1.165) is 12.5 Å². The number of hydrogen-bond donors (Lipinski definition) is 0. The minimum Gasteiger partial charge on any atom is -0.352 e. The molecule has 8 heteroatoms. The van der Waals surface area contributed by atoms with Gasteiger partial charge in [-0.3, -0.25) is 0 Å². The number of aromatic nitrogens is 4. The maximum Gasteiger partial charge on any atom is 0.453 e. The van der Waals surface area contributed by atoms with Crippen LogP contribution in [0.25, 0.3) is 5.78 Å². The van der Waals surface area contributed by atoms with Gasteiger partial charge in [-0.15, -0.1) is 5.10 Å². The fourth-order valence-electron chi connectivity index (χ4n) is 4.87. The van der Waals surface area contributed by atoms with E-state index in [2.05, 4.69) is 20.0 Å². The first-order chi connectivity index (χ1) is 10.9. The Labute approximate surface area is 130 Å². The maximum atomic E-state index is 12.9. The summed E-state index contributed by atoms with van der Waals surface area (Å²) in [4.78, 5) is 9.89. The van der Waals surface area contributed by atoms with Crippen LogP contribution >= 0.6 is 0 Å². The summed E-state index contributed by atoms with van der Waals surface area (Å²) in [5, 5.41) is 3.68. The van der Waals surface area contributed by atoms with Gasteiger partial charge in [0.25, 0.3) is 11.6 Å². The molecule has 0 N–H and O–H groups in total. The van der Waals surface area contributed by atoms with Gasteiger partial charge in [0.05, 0.1) is 0 Å². The van der Waals surface area contributed by atoms with E-state index in [-0.39, 0.29) is 5.78 Å². The number of anilines is 1. The molecule has 4 atom stereocenters. The van der Waals surface area contributed by atoms with E-state index in [1.807, 2.05) is 6.07 Å². The summed E-state index contributed by atoms with van der Waals surface area (Å²) in [5.41, 5.74) is 0.667. The molecule has 122 valence electrons. The first-order valence-corrected chi connectivity index (χ1v) is 8.00. The fraction of sp³-hybridized carbons (Fsp3) is 0.667. The molecule has 0 radical (unpaired) electrons. The molecule has 1 saturated heterocycles. The number of fused-ring (bicyclic) bond motifs is 6. The Morgan fingerprint density at radius 3 is 2.70 bits per heavy atom. The maximum absolute atomic E-state index is 12.9. The van der Waals surface area contributed by atoms with Crippen LogP contribution in [0, 0.1) is 24.7 Å². The quantitative estimate of drug-likeness (QED) is 0.809. The average molecular weight is 323 g/mol. The first-order valence-electron chi connectivity index (χ1n) is 8.00. The van der Waals surface area contributed by atoms with Crippen LogP contribution < -0.4 is 4.90 Å². The summed E-state index contributed by atoms with van der Waals surface area (Å²) in [6.45, 7) is 2.69. The summed E-state index contributed by atoms with van der Waals surface area (Å²) in [7, 11) is 0. The summed E-state index contributed by atoms with van der Waals surface area (Å²) < 4.78 is 40.0. The molecule has 3 fully saturated rings. The third-order valence-corrected chi connectivity index (χ3v) is 5.78. The lowest BCUT2D eigenvalue weighted by atomic mass is 9.77. The SMILES string of the molecule is Cc1cc(N2C[C@H]3[C@H]4CC[C@@H](C4)[C@@H]32)n2nc(C(F)(F)F)nc2n1. The molecule has 2 aromatic rings. The number of aryl methyl sites for hydroxylation is 1. The number of hydrogen-bond acceptors (Lipinski definition) is 4. The van der Waals surface area contributed by atoms with Crippen LogP contribution in [-0.4, -0.2) is 32.2 Å². The molecule has 5 nitrogen and oxygen atoms in total. The molecule has 2 saturated carbocycles. The molecule has 23 heavy (non-hydrogen) atoms. The van der Waals surface area contributed by atoms with Crippen molar-refractivity contribution in [3.8, 4) is 0 Å². The van der Waals surface area contributed by atoms with Crippen molar-refractivity contribution in [2.45, 2.75) is 38.4 Å². The lowest BCUT2D eigenvalue weighted by Gasteiger charge is -2.51. The molecule has 0 aromatic carbocycles. The number of nitrogens with zero attached hydrogens (tertiary/aromatic N) is 5. The highest BCUT2D eigenvalue weighted by Gasteiger charge is 2.57. The lowest BCUT2D eigenvalue weighted by molar-refractivity contribution is -0.144. The van der Waals surface area contributed by atoms with Crippen LogP contribution in [0.5, 0.6) is 0 Å². The molecule has 0 unspecified atom stereocenters. The van der Waals surface area contributed by atoms with Gasteiger partial charge in [0, 0.05) is 24.3 Å². The Balaban J connectivity index is 1.60. The van der Waals surface area contributed by atoms with Gasteiger partial charge in [-0.05, 0) is 43.9 Å². The van der Waals surface area contributed by atoms with E-state index in [4.69, 9.17) is 0 Å². The Hall–Kier alpha value is -1.86. The molecule has 5 rings (SSSR count). The van der Waals surface area contributed by atoms with E-state index >= 15 is 0 Å². The summed E-state index contributed by atoms with van der Waals surface area (Å²) in [6.07, 6.45) is -0.736. The molecular formula is C15H16F3N5. The largest absolute Gasteiger partial charge is 0.453 e. The molecule has 2 aliphatic carbocycles. The topological polar surface area (TPSA) is 46.3 Å². The van der Waals surface area contributed by atoms with Gasteiger partial charge in [-0.25, -0.2) is 4.98 Å². The average Bonchev–Trinajstić information content (AvgIpc) is 3.08. The number of alkyl halides is 3. The van der Waals surface area contributed by atoms with E-state index in [1.165, 1.54) is 23.8 Å². The van der Waals surface area contributed by atoms with Gasteiger partial charge >= 0.3 is 6.18 Å². The second kappa shape index (κ2) is 4.15. The lowest BCUT2D eigenvalue weighted by Crippen LogP contribution is -2.59. The zero-order valence-corrected chi connectivity index (χ0v) is 12.6. The minimum atomic E-state index is -4.55. The fourth-order valence-corrected chi connectivity index (χ4v) is 4.87. The number of rotatable bonds is 1. The monoisotopic (exact) mass is 323 g/mol. The zero-order chi connectivity index (χ0) is 15.9. The van der Waals surface area contributed by atoms with E-state index in [9.17, 15) is 13.2 Å². The van der Waals surface area contributed by atoms with Gasteiger partial charge in [-0.2, -0.15) is 22.7 Å². The van der Waals surface area contributed by atoms with Crippen molar-refractivity contribution < 1.29 is 13.2 Å². The predicted octanol–water partition coefficient (Wildman–Crippen LogP) is 2.69. The molecule has 1 aliphatic heterocycles. The van der Waals surface area contributed by atoms with Crippen LogP contribution in [-0.2, 0) is 6.18 Å².